The van der Waals surface area contributed by atoms with Crippen LogP contribution in [-0.4, -0.2) is 29.3 Å². The molecule has 0 aromatic heterocycles. The lowest BCUT2D eigenvalue weighted by molar-refractivity contribution is -0.142. The first-order valence-corrected chi connectivity index (χ1v) is 4.76. The summed E-state index contributed by atoms with van der Waals surface area (Å²) in [7, 11) is 0. The predicted molar refractivity (Wildman–Crippen MR) is 50.4 cm³/mol. The molecule has 0 bridgehead atoms. The van der Waals surface area contributed by atoms with Gasteiger partial charge in [-0.3, -0.25) is 4.79 Å². The first-order valence-electron chi connectivity index (χ1n) is 4.76. The molecule has 0 heterocycles. The van der Waals surface area contributed by atoms with Gasteiger partial charge in [-0.25, -0.2) is 0 Å². The summed E-state index contributed by atoms with van der Waals surface area (Å²) in [6, 6.07) is 0. The first kappa shape index (κ1) is 12.4. The van der Waals surface area contributed by atoms with Crippen molar-refractivity contribution in [1.29, 1.82) is 0 Å². The normalized spacial score (nSPS) is 12.8. The van der Waals surface area contributed by atoms with E-state index >= 15 is 0 Å². The number of unbranched alkanes of at least 4 members (excludes halogenated alkanes) is 2. The van der Waals surface area contributed by atoms with Crippen molar-refractivity contribution in [2.24, 2.45) is 11.7 Å². The molecule has 0 aromatic rings. The molecular formula is C9H19NO3. The quantitative estimate of drug-likeness (QED) is 0.488. The van der Waals surface area contributed by atoms with Gasteiger partial charge in [-0.1, -0.05) is 12.8 Å². The fourth-order valence-electron chi connectivity index (χ4n) is 1.27. The van der Waals surface area contributed by atoms with Crippen LogP contribution in [0.1, 0.15) is 32.1 Å². The summed E-state index contributed by atoms with van der Waals surface area (Å²) in [4.78, 5) is 10.6. The Kier molecular flexibility index (Phi) is 7.63. The number of aliphatic hydroxyl groups is 1. The van der Waals surface area contributed by atoms with Crippen LogP contribution in [0.5, 0.6) is 0 Å². The van der Waals surface area contributed by atoms with Gasteiger partial charge in [-0.15, -0.1) is 0 Å². The number of carbonyl (C=O) groups is 1. The lowest BCUT2D eigenvalue weighted by atomic mass is 9.98. The van der Waals surface area contributed by atoms with Crippen molar-refractivity contribution in [3.8, 4) is 0 Å². The maximum atomic E-state index is 10.6. The Balaban J connectivity index is 3.51. The molecular weight excluding hydrogens is 170 g/mol. The average molecular weight is 189 g/mol. The highest BCUT2D eigenvalue weighted by Crippen LogP contribution is 2.13. The second-order valence-corrected chi connectivity index (χ2v) is 3.19. The van der Waals surface area contributed by atoms with Crippen molar-refractivity contribution >= 4 is 5.97 Å². The van der Waals surface area contributed by atoms with Gasteiger partial charge in [0.1, 0.15) is 0 Å². The van der Waals surface area contributed by atoms with Gasteiger partial charge >= 0.3 is 5.97 Å². The summed E-state index contributed by atoms with van der Waals surface area (Å²) >= 11 is 0. The molecule has 0 amide bonds. The standard InChI is InChI=1S/C9H19NO3/c10-6-5-8(9(12)13)4-2-1-3-7-11/h8,11H,1-7,10H2,(H,12,13). The maximum Gasteiger partial charge on any atom is 0.306 e. The number of aliphatic carboxylic acids is 1. The molecule has 0 aliphatic heterocycles. The van der Waals surface area contributed by atoms with Crippen LogP contribution in [0.4, 0.5) is 0 Å². The minimum atomic E-state index is -0.755. The molecule has 1 unspecified atom stereocenters. The number of carboxylic acid groups (broad SMARTS) is 1. The molecule has 0 aromatic carbocycles. The number of hydrogen-bond acceptors (Lipinski definition) is 3. The molecule has 0 aliphatic rings. The maximum absolute atomic E-state index is 10.6. The van der Waals surface area contributed by atoms with Crippen molar-refractivity contribution in [2.45, 2.75) is 32.1 Å². The molecule has 0 radical (unpaired) electrons. The van der Waals surface area contributed by atoms with E-state index in [1.165, 1.54) is 0 Å². The SMILES string of the molecule is NCCC(CCCCCO)C(=O)O. The van der Waals surface area contributed by atoms with Gasteiger partial charge in [0.15, 0.2) is 0 Å². The number of nitrogens with two attached hydrogens (primary N) is 1. The van der Waals surface area contributed by atoms with Gasteiger partial charge in [0.2, 0.25) is 0 Å². The van der Waals surface area contributed by atoms with Gasteiger partial charge in [-0.2, -0.15) is 0 Å². The van der Waals surface area contributed by atoms with E-state index in [9.17, 15) is 4.79 Å². The van der Waals surface area contributed by atoms with Crippen molar-refractivity contribution in [3.05, 3.63) is 0 Å². The van der Waals surface area contributed by atoms with E-state index in [0.717, 1.165) is 19.3 Å². The van der Waals surface area contributed by atoms with E-state index in [1.807, 2.05) is 0 Å². The van der Waals surface area contributed by atoms with Crippen molar-refractivity contribution in [1.82, 2.24) is 0 Å². The van der Waals surface area contributed by atoms with E-state index in [1.54, 1.807) is 0 Å². The van der Waals surface area contributed by atoms with Crippen LogP contribution in [0.2, 0.25) is 0 Å². The zero-order valence-electron chi connectivity index (χ0n) is 7.91. The average Bonchev–Trinajstić information content (AvgIpc) is 2.10. The highest BCUT2D eigenvalue weighted by molar-refractivity contribution is 5.69. The van der Waals surface area contributed by atoms with Crippen molar-refractivity contribution in [3.63, 3.8) is 0 Å². The van der Waals surface area contributed by atoms with Crippen molar-refractivity contribution in [2.75, 3.05) is 13.2 Å². The van der Waals surface area contributed by atoms with E-state index in [-0.39, 0.29) is 12.5 Å². The molecule has 0 saturated heterocycles. The Hall–Kier alpha value is -0.610. The number of aliphatic hydroxyl groups excluding tert-OH is 1. The second kappa shape index (κ2) is 8.01. The monoisotopic (exact) mass is 189 g/mol. The van der Waals surface area contributed by atoms with Gasteiger partial charge in [0, 0.05) is 6.61 Å². The summed E-state index contributed by atoms with van der Waals surface area (Å²) in [5, 5.41) is 17.3. The van der Waals surface area contributed by atoms with Crippen LogP contribution >= 0.6 is 0 Å². The molecule has 0 aliphatic carbocycles. The largest absolute Gasteiger partial charge is 0.481 e. The summed E-state index contributed by atoms with van der Waals surface area (Å²) in [6.45, 7) is 0.617. The van der Waals surface area contributed by atoms with Crippen LogP contribution in [0.25, 0.3) is 0 Å². The Labute approximate surface area is 78.7 Å². The third-order valence-electron chi connectivity index (χ3n) is 2.08. The molecule has 4 N–H and O–H groups in total. The zero-order chi connectivity index (χ0) is 10.1. The second-order valence-electron chi connectivity index (χ2n) is 3.19. The molecule has 0 saturated carbocycles. The molecule has 13 heavy (non-hydrogen) atoms. The minimum absolute atomic E-state index is 0.189. The smallest absolute Gasteiger partial charge is 0.306 e. The topological polar surface area (TPSA) is 83.5 Å². The first-order chi connectivity index (χ1) is 6.22. The summed E-state index contributed by atoms with van der Waals surface area (Å²) in [6.07, 6.45) is 3.73. The van der Waals surface area contributed by atoms with Crippen molar-refractivity contribution < 1.29 is 15.0 Å². The fraction of sp³-hybridized carbons (Fsp3) is 0.889. The van der Waals surface area contributed by atoms with E-state index in [2.05, 4.69) is 0 Å². The molecule has 4 nitrogen and oxygen atoms in total. The molecule has 0 fully saturated rings. The van der Waals surface area contributed by atoms with E-state index < -0.39 is 5.97 Å². The lowest BCUT2D eigenvalue weighted by Crippen LogP contribution is -2.17. The molecule has 78 valence electrons. The van der Waals surface area contributed by atoms with Crippen LogP contribution in [0.3, 0.4) is 0 Å². The van der Waals surface area contributed by atoms with Crippen LogP contribution in [-0.2, 0) is 4.79 Å². The third-order valence-corrected chi connectivity index (χ3v) is 2.08. The van der Waals surface area contributed by atoms with Crippen LogP contribution in [0.15, 0.2) is 0 Å². The van der Waals surface area contributed by atoms with Gasteiger partial charge in [0.25, 0.3) is 0 Å². The van der Waals surface area contributed by atoms with E-state index in [4.69, 9.17) is 15.9 Å². The fourth-order valence-corrected chi connectivity index (χ4v) is 1.27. The highest BCUT2D eigenvalue weighted by Gasteiger charge is 2.15. The highest BCUT2D eigenvalue weighted by atomic mass is 16.4. The number of carboxylic acids is 1. The van der Waals surface area contributed by atoms with Gasteiger partial charge in [-0.05, 0) is 25.8 Å². The van der Waals surface area contributed by atoms with Crippen LogP contribution < -0.4 is 5.73 Å². The molecule has 0 rings (SSSR count). The summed E-state index contributed by atoms with van der Waals surface area (Å²) < 4.78 is 0. The lowest BCUT2D eigenvalue weighted by Gasteiger charge is -2.09. The Morgan fingerprint density at radius 3 is 2.38 bits per heavy atom. The Morgan fingerprint density at radius 1 is 1.23 bits per heavy atom. The number of hydrogen-bond donors (Lipinski definition) is 3. The predicted octanol–water partition coefficient (Wildman–Crippen LogP) is 0.589. The zero-order valence-corrected chi connectivity index (χ0v) is 7.91. The summed E-state index contributed by atoms with van der Waals surface area (Å²) in [5.74, 6) is -1.06. The van der Waals surface area contributed by atoms with Gasteiger partial charge < -0.3 is 15.9 Å². The number of rotatable bonds is 8. The Bertz CT molecular complexity index is 139. The minimum Gasteiger partial charge on any atom is -0.481 e. The molecule has 1 atom stereocenters. The van der Waals surface area contributed by atoms with Gasteiger partial charge in [0.05, 0.1) is 5.92 Å². The van der Waals surface area contributed by atoms with E-state index in [0.29, 0.717) is 19.4 Å². The third kappa shape index (κ3) is 6.54. The molecule has 4 heteroatoms. The Morgan fingerprint density at radius 2 is 1.92 bits per heavy atom. The summed E-state index contributed by atoms with van der Waals surface area (Å²) in [5.41, 5.74) is 5.29. The molecule has 0 spiro atoms. The van der Waals surface area contributed by atoms with Crippen LogP contribution in [0, 0.1) is 5.92 Å².